The SMILES string of the molecule is COc1ccc(CN(CCc2ccc(OC)c(OC)c2)Cc2nc(C(=O)N3CCN(c4ccccc4Cl)CC3)cs2)cc1. The Kier molecular flexibility index (Phi) is 10.4. The Balaban J connectivity index is 1.24. The summed E-state index contributed by atoms with van der Waals surface area (Å²) in [6.45, 7) is 4.91. The summed E-state index contributed by atoms with van der Waals surface area (Å²) >= 11 is 7.93. The van der Waals surface area contributed by atoms with Gasteiger partial charge >= 0.3 is 0 Å². The third-order valence-electron chi connectivity index (χ3n) is 7.62. The van der Waals surface area contributed by atoms with Gasteiger partial charge in [0.2, 0.25) is 0 Å². The highest BCUT2D eigenvalue weighted by Gasteiger charge is 2.25. The topological polar surface area (TPSA) is 67.4 Å². The molecule has 5 rings (SSSR count). The summed E-state index contributed by atoms with van der Waals surface area (Å²) in [5, 5.41) is 3.54. The van der Waals surface area contributed by atoms with Gasteiger partial charge in [-0.1, -0.05) is 41.9 Å². The first-order valence-electron chi connectivity index (χ1n) is 14.3. The van der Waals surface area contributed by atoms with Gasteiger partial charge in [0.05, 0.1) is 38.6 Å². The second-order valence-electron chi connectivity index (χ2n) is 10.4. The van der Waals surface area contributed by atoms with Crippen LogP contribution in [0.5, 0.6) is 17.2 Å². The largest absolute Gasteiger partial charge is 0.497 e. The Hall–Kier alpha value is -3.79. The number of aromatic nitrogens is 1. The van der Waals surface area contributed by atoms with E-state index in [-0.39, 0.29) is 5.91 Å². The fourth-order valence-corrected chi connectivity index (χ4v) is 6.28. The number of methoxy groups -OCH3 is 3. The van der Waals surface area contributed by atoms with E-state index in [1.807, 2.05) is 58.8 Å². The van der Waals surface area contributed by atoms with Crippen LogP contribution >= 0.6 is 22.9 Å². The van der Waals surface area contributed by atoms with Crippen LogP contribution < -0.4 is 19.1 Å². The fourth-order valence-electron chi connectivity index (χ4n) is 5.22. The molecule has 0 bridgehead atoms. The molecule has 0 radical (unpaired) electrons. The van der Waals surface area contributed by atoms with Crippen molar-refractivity contribution >= 4 is 34.5 Å². The zero-order valence-electron chi connectivity index (χ0n) is 24.8. The van der Waals surface area contributed by atoms with Crippen LogP contribution in [0.4, 0.5) is 5.69 Å². The first-order valence-corrected chi connectivity index (χ1v) is 15.5. The summed E-state index contributed by atoms with van der Waals surface area (Å²) in [4.78, 5) is 24.6. The van der Waals surface area contributed by atoms with Gasteiger partial charge in [0.1, 0.15) is 16.5 Å². The van der Waals surface area contributed by atoms with Crippen molar-refractivity contribution in [2.45, 2.75) is 19.5 Å². The minimum Gasteiger partial charge on any atom is -0.497 e. The maximum Gasteiger partial charge on any atom is 0.273 e. The van der Waals surface area contributed by atoms with Crippen LogP contribution in [0, 0.1) is 0 Å². The predicted molar refractivity (Wildman–Crippen MR) is 172 cm³/mol. The molecule has 226 valence electrons. The zero-order chi connectivity index (χ0) is 30.2. The lowest BCUT2D eigenvalue weighted by atomic mass is 10.1. The molecule has 0 aliphatic carbocycles. The number of halogens is 1. The minimum absolute atomic E-state index is 0.0201. The van der Waals surface area contributed by atoms with Crippen LogP contribution in [0.1, 0.15) is 26.6 Å². The molecule has 10 heteroatoms. The molecule has 3 aromatic carbocycles. The van der Waals surface area contributed by atoms with E-state index in [9.17, 15) is 4.79 Å². The van der Waals surface area contributed by atoms with Gasteiger partial charge in [0, 0.05) is 44.6 Å². The molecule has 1 fully saturated rings. The van der Waals surface area contributed by atoms with E-state index >= 15 is 0 Å². The lowest BCUT2D eigenvalue weighted by molar-refractivity contribution is 0.0741. The maximum atomic E-state index is 13.4. The number of ether oxygens (including phenoxy) is 3. The second-order valence-corrected chi connectivity index (χ2v) is 11.7. The number of rotatable bonds is 12. The number of hydrogen-bond donors (Lipinski definition) is 0. The first kappa shape index (κ1) is 30.7. The molecule has 0 spiro atoms. The summed E-state index contributed by atoms with van der Waals surface area (Å²) in [5.41, 5.74) is 3.86. The summed E-state index contributed by atoms with van der Waals surface area (Å²) in [6, 6.07) is 22.0. The number of amides is 1. The Morgan fingerprint density at radius 1 is 0.884 bits per heavy atom. The number of hydrogen-bond acceptors (Lipinski definition) is 8. The average Bonchev–Trinajstić information content (AvgIpc) is 3.52. The van der Waals surface area contributed by atoms with Crippen LogP contribution in [0.3, 0.4) is 0 Å². The molecular weight excluding hydrogens is 584 g/mol. The van der Waals surface area contributed by atoms with Gasteiger partial charge in [0.15, 0.2) is 11.5 Å². The average molecular weight is 621 g/mol. The van der Waals surface area contributed by atoms with Crippen molar-refractivity contribution in [2.75, 3.05) is 59.0 Å². The van der Waals surface area contributed by atoms with Crippen molar-refractivity contribution in [3.63, 3.8) is 0 Å². The highest BCUT2D eigenvalue weighted by Crippen LogP contribution is 2.29. The highest BCUT2D eigenvalue weighted by atomic mass is 35.5. The maximum absolute atomic E-state index is 13.4. The van der Waals surface area contributed by atoms with Gasteiger partial charge in [-0.15, -0.1) is 11.3 Å². The van der Waals surface area contributed by atoms with E-state index in [0.29, 0.717) is 31.1 Å². The van der Waals surface area contributed by atoms with Gasteiger partial charge in [-0.05, 0) is 53.9 Å². The van der Waals surface area contributed by atoms with E-state index in [1.54, 1.807) is 21.3 Å². The van der Waals surface area contributed by atoms with Crippen molar-refractivity contribution in [1.29, 1.82) is 0 Å². The molecule has 4 aromatic rings. The number of thiazole rings is 1. The fraction of sp³-hybridized carbons (Fsp3) is 0.333. The normalized spacial score (nSPS) is 13.3. The number of nitrogens with zero attached hydrogens (tertiary/aromatic N) is 4. The first-order chi connectivity index (χ1) is 21.0. The van der Waals surface area contributed by atoms with Crippen LogP contribution in [-0.4, -0.2) is 74.7 Å². The van der Waals surface area contributed by atoms with Crippen molar-refractivity contribution in [2.24, 2.45) is 0 Å². The smallest absolute Gasteiger partial charge is 0.273 e. The van der Waals surface area contributed by atoms with Crippen LogP contribution in [0.15, 0.2) is 72.1 Å². The molecule has 1 aliphatic heterocycles. The molecule has 1 saturated heterocycles. The molecule has 0 N–H and O–H groups in total. The van der Waals surface area contributed by atoms with Crippen molar-refractivity contribution < 1.29 is 19.0 Å². The molecule has 1 aliphatic rings. The molecular formula is C33H37ClN4O4S. The lowest BCUT2D eigenvalue weighted by Gasteiger charge is -2.36. The van der Waals surface area contributed by atoms with Gasteiger partial charge < -0.3 is 24.0 Å². The molecule has 0 saturated carbocycles. The van der Waals surface area contributed by atoms with E-state index in [1.165, 1.54) is 16.9 Å². The number of benzene rings is 3. The van der Waals surface area contributed by atoms with E-state index in [4.69, 9.17) is 30.8 Å². The zero-order valence-corrected chi connectivity index (χ0v) is 26.4. The van der Waals surface area contributed by atoms with Crippen LogP contribution in [0.2, 0.25) is 5.02 Å². The van der Waals surface area contributed by atoms with E-state index in [2.05, 4.69) is 28.0 Å². The third kappa shape index (κ3) is 7.79. The van der Waals surface area contributed by atoms with Crippen molar-refractivity contribution in [1.82, 2.24) is 14.8 Å². The third-order valence-corrected chi connectivity index (χ3v) is 8.77. The Morgan fingerprint density at radius 3 is 2.30 bits per heavy atom. The number of carbonyl (C=O) groups is 1. The Labute approximate surface area is 262 Å². The second kappa shape index (κ2) is 14.6. The van der Waals surface area contributed by atoms with Gasteiger partial charge in [-0.25, -0.2) is 4.98 Å². The Bertz CT molecular complexity index is 1510. The van der Waals surface area contributed by atoms with Gasteiger partial charge in [0.25, 0.3) is 5.91 Å². The molecule has 43 heavy (non-hydrogen) atoms. The molecule has 0 atom stereocenters. The monoisotopic (exact) mass is 620 g/mol. The number of piperazine rings is 1. The van der Waals surface area contributed by atoms with Crippen molar-refractivity contribution in [3.05, 3.63) is 99.0 Å². The standard InChI is InChI=1S/C33H37ClN4O4S/c1-40-26-11-8-25(9-12-26)21-36(15-14-24-10-13-30(41-2)31(20-24)42-3)22-32-35-28(23-43-32)33(39)38-18-16-37(17-19-38)29-7-5-4-6-27(29)34/h4-13,20,23H,14-19,21-22H2,1-3H3. The predicted octanol–water partition coefficient (Wildman–Crippen LogP) is 6.03. The molecule has 2 heterocycles. The summed E-state index contributed by atoms with van der Waals surface area (Å²) in [5.74, 6) is 2.24. The highest BCUT2D eigenvalue weighted by molar-refractivity contribution is 7.09. The molecule has 1 aromatic heterocycles. The summed E-state index contributed by atoms with van der Waals surface area (Å²) in [7, 11) is 4.96. The quantitative estimate of drug-likeness (QED) is 0.192. The van der Waals surface area contributed by atoms with Gasteiger partial charge in [-0.2, -0.15) is 0 Å². The Morgan fingerprint density at radius 2 is 1.60 bits per heavy atom. The summed E-state index contributed by atoms with van der Waals surface area (Å²) in [6.07, 6.45) is 0.823. The lowest BCUT2D eigenvalue weighted by Crippen LogP contribution is -2.49. The van der Waals surface area contributed by atoms with Crippen LogP contribution in [0.25, 0.3) is 0 Å². The summed E-state index contributed by atoms with van der Waals surface area (Å²) < 4.78 is 16.2. The number of anilines is 1. The van der Waals surface area contributed by atoms with Crippen molar-refractivity contribution in [3.8, 4) is 17.2 Å². The molecule has 0 unspecified atom stereocenters. The molecule has 8 nitrogen and oxygen atoms in total. The molecule has 1 amide bonds. The number of carbonyl (C=O) groups excluding carboxylic acids is 1. The van der Waals surface area contributed by atoms with E-state index in [0.717, 1.165) is 65.4 Å². The van der Waals surface area contributed by atoms with Crippen LogP contribution in [-0.2, 0) is 19.5 Å². The number of para-hydroxylation sites is 1. The minimum atomic E-state index is -0.0201. The van der Waals surface area contributed by atoms with Gasteiger partial charge in [-0.3, -0.25) is 9.69 Å². The van der Waals surface area contributed by atoms with E-state index < -0.39 is 0 Å².